The normalized spacial score (nSPS) is 9.95. The molecule has 0 atom stereocenters. The average molecular weight is 397 g/mol. The lowest BCUT2D eigenvalue weighted by Crippen LogP contribution is -2.20. The fourth-order valence-corrected chi connectivity index (χ4v) is 2.11. The molecule has 0 aliphatic carbocycles. The number of carbonyl (C=O) groups excluding carboxylic acids is 1. The number of hydrogen-bond donors (Lipinski definition) is 2. The summed E-state index contributed by atoms with van der Waals surface area (Å²) in [4.78, 5) is 22.5. The van der Waals surface area contributed by atoms with E-state index in [2.05, 4.69) is 27.9 Å². The molecule has 2 rings (SSSR count). The lowest BCUT2D eigenvalue weighted by Gasteiger charge is -2.09. The van der Waals surface area contributed by atoms with Crippen LogP contribution in [0.4, 0.5) is 5.69 Å². The highest BCUT2D eigenvalue weighted by Crippen LogP contribution is 2.17. The zero-order valence-corrected chi connectivity index (χ0v) is 13.0. The summed E-state index contributed by atoms with van der Waals surface area (Å²) in [6.07, 6.45) is 0. The minimum absolute atomic E-state index is 0.141. The van der Waals surface area contributed by atoms with E-state index in [1.54, 1.807) is 6.07 Å². The van der Waals surface area contributed by atoms with Gasteiger partial charge in [0.25, 0.3) is 5.91 Å². The van der Waals surface area contributed by atoms with Crippen molar-refractivity contribution in [2.75, 3.05) is 11.9 Å². The number of nitrogens with one attached hydrogen (secondary N) is 1. The SMILES string of the molecule is O=C(COc1ccc(C(=O)O)cc1)Nc1ccccc1I. The number of carboxylic acid groups (broad SMARTS) is 1. The molecule has 0 unspecified atom stereocenters. The highest BCUT2D eigenvalue weighted by Gasteiger charge is 2.07. The van der Waals surface area contributed by atoms with Crippen molar-refractivity contribution in [3.8, 4) is 5.75 Å². The van der Waals surface area contributed by atoms with Crippen LogP contribution in [0.15, 0.2) is 48.5 Å². The van der Waals surface area contributed by atoms with Crippen LogP contribution >= 0.6 is 22.6 Å². The van der Waals surface area contributed by atoms with Gasteiger partial charge in [-0.05, 0) is 59.0 Å². The molecule has 2 aromatic carbocycles. The molecule has 0 aliphatic rings. The molecule has 0 fully saturated rings. The Morgan fingerprint density at radius 2 is 1.76 bits per heavy atom. The van der Waals surface area contributed by atoms with Crippen LogP contribution in [0.25, 0.3) is 0 Å². The average Bonchev–Trinajstić information content (AvgIpc) is 2.48. The number of carbonyl (C=O) groups is 2. The number of aromatic carboxylic acids is 1. The Morgan fingerprint density at radius 3 is 2.38 bits per heavy atom. The molecule has 6 heteroatoms. The van der Waals surface area contributed by atoms with Gasteiger partial charge in [0.05, 0.1) is 11.3 Å². The molecule has 21 heavy (non-hydrogen) atoms. The first-order valence-corrected chi connectivity index (χ1v) is 7.14. The number of ether oxygens (including phenoxy) is 1. The highest BCUT2D eigenvalue weighted by atomic mass is 127. The quantitative estimate of drug-likeness (QED) is 0.761. The van der Waals surface area contributed by atoms with E-state index in [0.717, 1.165) is 9.26 Å². The third kappa shape index (κ3) is 4.45. The first-order chi connectivity index (χ1) is 10.1. The largest absolute Gasteiger partial charge is 0.484 e. The van der Waals surface area contributed by atoms with Crippen molar-refractivity contribution >= 4 is 40.2 Å². The summed E-state index contributed by atoms with van der Waals surface area (Å²) < 4.78 is 6.25. The topological polar surface area (TPSA) is 75.6 Å². The van der Waals surface area contributed by atoms with Crippen molar-refractivity contribution < 1.29 is 19.4 Å². The molecular weight excluding hydrogens is 385 g/mol. The Kier molecular flexibility index (Phi) is 5.15. The first kappa shape index (κ1) is 15.3. The van der Waals surface area contributed by atoms with Crippen molar-refractivity contribution in [1.29, 1.82) is 0 Å². The van der Waals surface area contributed by atoms with Crippen LogP contribution in [-0.2, 0) is 4.79 Å². The van der Waals surface area contributed by atoms with Crippen LogP contribution < -0.4 is 10.1 Å². The van der Waals surface area contributed by atoms with Crippen LogP contribution in [0.5, 0.6) is 5.75 Å². The maximum Gasteiger partial charge on any atom is 0.335 e. The second kappa shape index (κ2) is 7.07. The molecule has 2 N–H and O–H groups in total. The van der Waals surface area contributed by atoms with E-state index < -0.39 is 5.97 Å². The lowest BCUT2D eigenvalue weighted by atomic mass is 10.2. The molecule has 0 saturated heterocycles. The number of amides is 1. The predicted molar refractivity (Wildman–Crippen MR) is 86.7 cm³/mol. The van der Waals surface area contributed by atoms with Gasteiger partial charge in [-0.1, -0.05) is 12.1 Å². The van der Waals surface area contributed by atoms with Crippen molar-refractivity contribution in [2.24, 2.45) is 0 Å². The van der Waals surface area contributed by atoms with Gasteiger partial charge in [-0.3, -0.25) is 4.79 Å². The number of carboxylic acids is 1. The van der Waals surface area contributed by atoms with E-state index in [4.69, 9.17) is 9.84 Å². The number of anilines is 1. The standard InChI is InChI=1S/C15H12INO4/c16-12-3-1-2-4-13(12)17-14(18)9-21-11-7-5-10(6-8-11)15(19)20/h1-8H,9H2,(H,17,18)(H,19,20). The number of halogens is 1. The van der Waals surface area contributed by atoms with Gasteiger partial charge in [-0.2, -0.15) is 0 Å². The van der Waals surface area contributed by atoms with Crippen molar-refractivity contribution in [3.05, 3.63) is 57.7 Å². The van der Waals surface area contributed by atoms with E-state index in [1.807, 2.05) is 18.2 Å². The van der Waals surface area contributed by atoms with Crippen LogP contribution in [0.3, 0.4) is 0 Å². The van der Waals surface area contributed by atoms with Gasteiger partial charge in [0.2, 0.25) is 0 Å². The van der Waals surface area contributed by atoms with E-state index in [0.29, 0.717) is 5.75 Å². The summed E-state index contributed by atoms with van der Waals surface area (Å²) >= 11 is 2.13. The molecule has 0 bridgehead atoms. The summed E-state index contributed by atoms with van der Waals surface area (Å²) in [5.41, 5.74) is 0.901. The maximum atomic E-state index is 11.8. The van der Waals surface area contributed by atoms with E-state index in [9.17, 15) is 9.59 Å². The monoisotopic (exact) mass is 397 g/mol. The smallest absolute Gasteiger partial charge is 0.335 e. The molecular formula is C15H12INO4. The second-order valence-electron chi connectivity index (χ2n) is 4.15. The fraction of sp³-hybridized carbons (Fsp3) is 0.0667. The summed E-state index contributed by atoms with van der Waals surface area (Å²) in [5, 5.41) is 11.5. The number of benzene rings is 2. The minimum atomic E-state index is -1.00. The van der Waals surface area contributed by atoms with Crippen molar-refractivity contribution in [2.45, 2.75) is 0 Å². The van der Waals surface area contributed by atoms with Crippen LogP contribution in [0.2, 0.25) is 0 Å². The van der Waals surface area contributed by atoms with Gasteiger partial charge in [-0.15, -0.1) is 0 Å². The Balaban J connectivity index is 1.89. The Bertz CT molecular complexity index is 655. The van der Waals surface area contributed by atoms with Gasteiger partial charge in [-0.25, -0.2) is 4.79 Å². The first-order valence-electron chi connectivity index (χ1n) is 6.07. The van der Waals surface area contributed by atoms with Gasteiger partial charge in [0.15, 0.2) is 6.61 Å². The summed E-state index contributed by atoms with van der Waals surface area (Å²) in [6.45, 7) is -0.141. The van der Waals surface area contributed by atoms with Crippen LogP contribution in [0.1, 0.15) is 10.4 Å². The summed E-state index contributed by atoms with van der Waals surface area (Å²) in [7, 11) is 0. The minimum Gasteiger partial charge on any atom is -0.484 e. The fourth-order valence-electron chi connectivity index (χ4n) is 1.59. The molecule has 0 aromatic heterocycles. The van der Waals surface area contributed by atoms with Gasteiger partial charge < -0.3 is 15.2 Å². The third-order valence-electron chi connectivity index (χ3n) is 2.62. The van der Waals surface area contributed by atoms with E-state index in [-0.39, 0.29) is 18.1 Å². The molecule has 2 aromatic rings. The molecule has 0 radical (unpaired) electrons. The van der Waals surface area contributed by atoms with Crippen LogP contribution in [-0.4, -0.2) is 23.6 Å². The molecule has 0 spiro atoms. The number of rotatable bonds is 5. The maximum absolute atomic E-state index is 11.8. The number of para-hydroxylation sites is 1. The van der Waals surface area contributed by atoms with E-state index in [1.165, 1.54) is 24.3 Å². The van der Waals surface area contributed by atoms with Crippen molar-refractivity contribution in [1.82, 2.24) is 0 Å². The second-order valence-corrected chi connectivity index (χ2v) is 5.31. The Labute approximate surface area is 135 Å². The predicted octanol–water partition coefficient (Wildman–Crippen LogP) is 3.01. The molecule has 0 aliphatic heterocycles. The molecule has 0 saturated carbocycles. The zero-order chi connectivity index (χ0) is 15.2. The van der Waals surface area contributed by atoms with E-state index >= 15 is 0 Å². The van der Waals surface area contributed by atoms with Gasteiger partial charge in [0.1, 0.15) is 5.75 Å². The number of hydrogen-bond acceptors (Lipinski definition) is 3. The molecule has 5 nitrogen and oxygen atoms in total. The summed E-state index contributed by atoms with van der Waals surface area (Å²) in [6, 6.07) is 13.3. The molecule has 1 amide bonds. The van der Waals surface area contributed by atoms with Crippen LogP contribution in [0, 0.1) is 3.57 Å². The van der Waals surface area contributed by atoms with Crippen molar-refractivity contribution in [3.63, 3.8) is 0 Å². The molecule has 0 heterocycles. The highest BCUT2D eigenvalue weighted by molar-refractivity contribution is 14.1. The van der Waals surface area contributed by atoms with Gasteiger partial charge in [0, 0.05) is 3.57 Å². The van der Waals surface area contributed by atoms with Gasteiger partial charge >= 0.3 is 5.97 Å². The Hall–Kier alpha value is -2.09. The third-order valence-corrected chi connectivity index (χ3v) is 3.56. The summed E-state index contributed by atoms with van der Waals surface area (Å²) in [5.74, 6) is -0.836. The molecule has 108 valence electrons. The lowest BCUT2D eigenvalue weighted by molar-refractivity contribution is -0.118. The zero-order valence-electron chi connectivity index (χ0n) is 10.9. The Morgan fingerprint density at radius 1 is 1.10 bits per heavy atom.